The Kier molecular flexibility index (Phi) is 7.48. The zero-order chi connectivity index (χ0) is 16.8. The van der Waals surface area contributed by atoms with Crippen molar-refractivity contribution in [3.8, 4) is 0 Å². The molecule has 1 aliphatic rings. The maximum atomic E-state index is 12.3. The lowest BCUT2D eigenvalue weighted by Gasteiger charge is -2.23. The quantitative estimate of drug-likeness (QED) is 0.807. The Morgan fingerprint density at radius 3 is 2.44 bits per heavy atom. The molecule has 1 fully saturated rings. The number of benzene rings is 2. The molecule has 0 bridgehead atoms. The molecule has 1 unspecified atom stereocenters. The summed E-state index contributed by atoms with van der Waals surface area (Å²) in [5, 5.41) is 6.43. The number of carbonyl (C=O) groups excluding carboxylic acids is 1. The van der Waals surface area contributed by atoms with Crippen molar-refractivity contribution in [2.45, 2.75) is 38.5 Å². The molecule has 0 radical (unpaired) electrons. The summed E-state index contributed by atoms with van der Waals surface area (Å²) in [5.74, 6) is 0.541. The first-order valence-corrected chi connectivity index (χ1v) is 8.97. The Balaban J connectivity index is 0.00000225. The van der Waals surface area contributed by atoms with Crippen molar-refractivity contribution in [1.82, 2.24) is 5.32 Å². The minimum absolute atomic E-state index is 0. The Morgan fingerprint density at radius 1 is 1.12 bits per heavy atom. The standard InChI is InChI=1S/C21H26N2O.ClH/c1-2-4-16-6-8-18(9-7-16)21(24)23-20-12-10-17(11-13-20)19-5-3-14-22-15-19;/h6-13,19,22H,2-5,14-15H2,1H3,(H,23,24);1H. The molecule has 3 nitrogen and oxygen atoms in total. The number of halogens is 1. The minimum Gasteiger partial charge on any atom is -0.322 e. The number of rotatable bonds is 5. The second-order valence-electron chi connectivity index (χ2n) is 6.57. The molecule has 1 aliphatic heterocycles. The number of carbonyl (C=O) groups is 1. The molecule has 2 aromatic rings. The minimum atomic E-state index is -0.0508. The number of piperidine rings is 1. The summed E-state index contributed by atoms with van der Waals surface area (Å²) in [6.45, 7) is 4.34. The van der Waals surface area contributed by atoms with Gasteiger partial charge in [0.1, 0.15) is 0 Å². The van der Waals surface area contributed by atoms with E-state index in [1.807, 2.05) is 36.4 Å². The van der Waals surface area contributed by atoms with Gasteiger partial charge in [-0.3, -0.25) is 4.79 Å². The summed E-state index contributed by atoms with van der Waals surface area (Å²) in [6.07, 6.45) is 4.65. The summed E-state index contributed by atoms with van der Waals surface area (Å²) in [6, 6.07) is 16.2. The third kappa shape index (κ3) is 5.32. The van der Waals surface area contributed by atoms with Crippen LogP contribution >= 0.6 is 12.4 Å². The molecule has 1 heterocycles. The van der Waals surface area contributed by atoms with Crippen LogP contribution in [0.4, 0.5) is 5.69 Å². The topological polar surface area (TPSA) is 41.1 Å². The summed E-state index contributed by atoms with van der Waals surface area (Å²) in [5.41, 5.74) is 4.18. The number of aryl methyl sites for hydroxylation is 1. The highest BCUT2D eigenvalue weighted by Crippen LogP contribution is 2.24. The average Bonchev–Trinajstić information content (AvgIpc) is 2.64. The second-order valence-corrected chi connectivity index (χ2v) is 6.57. The average molecular weight is 359 g/mol. The van der Waals surface area contributed by atoms with Gasteiger partial charge in [-0.1, -0.05) is 37.6 Å². The molecule has 3 rings (SSSR count). The fourth-order valence-electron chi connectivity index (χ4n) is 3.29. The predicted molar refractivity (Wildman–Crippen MR) is 107 cm³/mol. The van der Waals surface area contributed by atoms with Gasteiger partial charge >= 0.3 is 0 Å². The van der Waals surface area contributed by atoms with E-state index in [9.17, 15) is 4.79 Å². The van der Waals surface area contributed by atoms with Gasteiger partial charge in [0.15, 0.2) is 0 Å². The first kappa shape index (κ1) is 19.5. The molecular formula is C21H27ClN2O. The van der Waals surface area contributed by atoms with Crippen molar-refractivity contribution in [3.05, 3.63) is 65.2 Å². The monoisotopic (exact) mass is 358 g/mol. The van der Waals surface area contributed by atoms with Crippen LogP contribution in [0.1, 0.15) is 53.6 Å². The van der Waals surface area contributed by atoms with Gasteiger partial charge in [-0.2, -0.15) is 0 Å². The van der Waals surface area contributed by atoms with E-state index < -0.39 is 0 Å². The van der Waals surface area contributed by atoms with Crippen LogP contribution in [0.25, 0.3) is 0 Å². The molecule has 0 saturated carbocycles. The van der Waals surface area contributed by atoms with Crippen LogP contribution in [0.15, 0.2) is 48.5 Å². The molecule has 1 atom stereocenters. The van der Waals surface area contributed by atoms with Crippen molar-refractivity contribution >= 4 is 24.0 Å². The van der Waals surface area contributed by atoms with E-state index in [2.05, 4.69) is 29.7 Å². The van der Waals surface area contributed by atoms with E-state index in [-0.39, 0.29) is 18.3 Å². The lowest BCUT2D eigenvalue weighted by atomic mass is 9.91. The molecule has 0 aliphatic carbocycles. The fourth-order valence-corrected chi connectivity index (χ4v) is 3.29. The summed E-state index contributed by atoms with van der Waals surface area (Å²) < 4.78 is 0. The van der Waals surface area contributed by atoms with Crippen LogP contribution in [-0.2, 0) is 6.42 Å². The molecule has 25 heavy (non-hydrogen) atoms. The van der Waals surface area contributed by atoms with Crippen LogP contribution in [-0.4, -0.2) is 19.0 Å². The first-order chi connectivity index (χ1) is 11.8. The third-order valence-electron chi connectivity index (χ3n) is 4.69. The van der Waals surface area contributed by atoms with E-state index in [0.29, 0.717) is 11.5 Å². The van der Waals surface area contributed by atoms with Gasteiger partial charge in [0.05, 0.1) is 0 Å². The van der Waals surface area contributed by atoms with Crippen molar-refractivity contribution in [1.29, 1.82) is 0 Å². The normalized spacial score (nSPS) is 16.8. The zero-order valence-corrected chi connectivity index (χ0v) is 15.6. The highest BCUT2D eigenvalue weighted by molar-refractivity contribution is 6.04. The number of hydrogen-bond donors (Lipinski definition) is 2. The summed E-state index contributed by atoms with van der Waals surface area (Å²) in [4.78, 5) is 12.3. The molecule has 2 aromatic carbocycles. The Bertz CT molecular complexity index is 661. The smallest absolute Gasteiger partial charge is 0.255 e. The lowest BCUT2D eigenvalue weighted by molar-refractivity contribution is 0.102. The third-order valence-corrected chi connectivity index (χ3v) is 4.69. The number of hydrogen-bond acceptors (Lipinski definition) is 2. The maximum Gasteiger partial charge on any atom is 0.255 e. The maximum absolute atomic E-state index is 12.3. The molecule has 0 aromatic heterocycles. The van der Waals surface area contributed by atoms with Crippen molar-refractivity contribution in [3.63, 3.8) is 0 Å². The van der Waals surface area contributed by atoms with Crippen LogP contribution < -0.4 is 10.6 Å². The fraction of sp³-hybridized carbons (Fsp3) is 0.381. The number of amides is 1. The van der Waals surface area contributed by atoms with Gasteiger partial charge in [-0.05, 0) is 67.1 Å². The van der Waals surface area contributed by atoms with E-state index >= 15 is 0 Å². The van der Waals surface area contributed by atoms with Crippen molar-refractivity contribution < 1.29 is 4.79 Å². The Morgan fingerprint density at radius 2 is 1.84 bits per heavy atom. The van der Waals surface area contributed by atoms with Gasteiger partial charge in [-0.15, -0.1) is 12.4 Å². The van der Waals surface area contributed by atoms with Gasteiger partial charge in [0.25, 0.3) is 5.91 Å². The van der Waals surface area contributed by atoms with Crippen LogP contribution in [0, 0.1) is 0 Å². The van der Waals surface area contributed by atoms with Crippen LogP contribution in [0.2, 0.25) is 0 Å². The molecule has 1 saturated heterocycles. The molecule has 2 N–H and O–H groups in total. The number of anilines is 1. The summed E-state index contributed by atoms with van der Waals surface area (Å²) >= 11 is 0. The Hall–Kier alpha value is -1.84. The molecular weight excluding hydrogens is 332 g/mol. The molecule has 1 amide bonds. The highest BCUT2D eigenvalue weighted by Gasteiger charge is 2.15. The van der Waals surface area contributed by atoms with Crippen LogP contribution in [0.5, 0.6) is 0 Å². The molecule has 0 spiro atoms. The van der Waals surface area contributed by atoms with E-state index in [1.165, 1.54) is 24.0 Å². The predicted octanol–water partition coefficient (Wildman–Crippen LogP) is 4.78. The molecule has 4 heteroatoms. The summed E-state index contributed by atoms with van der Waals surface area (Å²) in [7, 11) is 0. The first-order valence-electron chi connectivity index (χ1n) is 8.97. The van der Waals surface area contributed by atoms with Gasteiger partial charge in [0, 0.05) is 17.8 Å². The SMILES string of the molecule is CCCc1ccc(C(=O)Nc2ccc(C3CCCNC3)cc2)cc1.Cl. The zero-order valence-electron chi connectivity index (χ0n) is 14.8. The van der Waals surface area contributed by atoms with E-state index in [4.69, 9.17) is 0 Å². The van der Waals surface area contributed by atoms with Crippen molar-refractivity contribution in [2.75, 3.05) is 18.4 Å². The van der Waals surface area contributed by atoms with Gasteiger partial charge in [0.2, 0.25) is 0 Å². The van der Waals surface area contributed by atoms with Gasteiger partial charge < -0.3 is 10.6 Å². The Labute approximate surface area is 156 Å². The van der Waals surface area contributed by atoms with Gasteiger partial charge in [-0.25, -0.2) is 0 Å². The largest absolute Gasteiger partial charge is 0.322 e. The van der Waals surface area contributed by atoms with Crippen LogP contribution in [0.3, 0.4) is 0 Å². The van der Waals surface area contributed by atoms with E-state index in [0.717, 1.165) is 31.6 Å². The highest BCUT2D eigenvalue weighted by atomic mass is 35.5. The van der Waals surface area contributed by atoms with E-state index in [1.54, 1.807) is 0 Å². The number of nitrogens with one attached hydrogen (secondary N) is 2. The second kappa shape index (κ2) is 9.59. The van der Waals surface area contributed by atoms with Crippen molar-refractivity contribution in [2.24, 2.45) is 0 Å². The lowest BCUT2D eigenvalue weighted by Crippen LogP contribution is -2.28. The molecule has 134 valence electrons.